The van der Waals surface area contributed by atoms with Crippen molar-refractivity contribution in [1.29, 1.82) is 0 Å². The summed E-state index contributed by atoms with van der Waals surface area (Å²) >= 11 is 0. The number of H-pyrrole nitrogens is 1. The molecule has 0 fully saturated rings. The molecule has 0 aliphatic rings. The lowest BCUT2D eigenvalue weighted by Gasteiger charge is -2.06. The third-order valence-electron chi connectivity index (χ3n) is 3.17. The Morgan fingerprint density at radius 2 is 2.00 bits per heavy atom. The zero-order valence-corrected chi connectivity index (χ0v) is 11.4. The summed E-state index contributed by atoms with van der Waals surface area (Å²) in [6.45, 7) is 1.68. The molecule has 2 heterocycles. The largest absolute Gasteiger partial charge is 0.383 e. The summed E-state index contributed by atoms with van der Waals surface area (Å²) in [7, 11) is 0. The average molecular weight is 282 g/mol. The summed E-state index contributed by atoms with van der Waals surface area (Å²) in [5.41, 5.74) is 13.5. The fourth-order valence-corrected chi connectivity index (χ4v) is 2.28. The number of nitrogens with two attached hydrogens (primary N) is 2. The van der Waals surface area contributed by atoms with Gasteiger partial charge in [-0.15, -0.1) is 0 Å². The standard InChI is InChI=1S/C14H14N6O/c1-7-12(14(16)21)13(15)20-10(17-7)6-11-18-8-4-2-3-5-9(8)19-11/h2-5H,6H2,1H3,(H2,16,21)(H,18,19)(H2,15,17,20). The number of carbonyl (C=O) groups excluding carboxylic acids is 1. The zero-order valence-electron chi connectivity index (χ0n) is 11.4. The average Bonchev–Trinajstić information content (AvgIpc) is 2.79. The van der Waals surface area contributed by atoms with Crippen molar-refractivity contribution in [3.8, 4) is 0 Å². The lowest BCUT2D eigenvalue weighted by molar-refractivity contribution is 0.1000. The highest BCUT2D eigenvalue weighted by Crippen LogP contribution is 2.15. The molecule has 0 radical (unpaired) electrons. The van der Waals surface area contributed by atoms with Gasteiger partial charge in [0.05, 0.1) is 23.1 Å². The molecular weight excluding hydrogens is 268 g/mol. The van der Waals surface area contributed by atoms with E-state index in [0.29, 0.717) is 17.9 Å². The molecule has 0 bridgehead atoms. The van der Waals surface area contributed by atoms with E-state index < -0.39 is 5.91 Å². The van der Waals surface area contributed by atoms with Gasteiger partial charge in [0.25, 0.3) is 5.91 Å². The number of benzene rings is 1. The number of aromatic nitrogens is 4. The van der Waals surface area contributed by atoms with Crippen LogP contribution < -0.4 is 11.5 Å². The molecule has 2 aromatic heterocycles. The first-order valence-corrected chi connectivity index (χ1v) is 6.41. The minimum Gasteiger partial charge on any atom is -0.383 e. The molecule has 0 saturated heterocycles. The van der Waals surface area contributed by atoms with Gasteiger partial charge in [-0.1, -0.05) is 12.1 Å². The van der Waals surface area contributed by atoms with E-state index in [0.717, 1.165) is 16.9 Å². The molecule has 3 aromatic rings. The first-order chi connectivity index (χ1) is 10.0. The Hall–Kier alpha value is -2.96. The Bertz CT molecular complexity index is 782. The molecule has 0 spiro atoms. The van der Waals surface area contributed by atoms with Crippen LogP contribution in [0.15, 0.2) is 24.3 Å². The molecule has 0 aliphatic carbocycles. The fraction of sp³-hybridized carbons (Fsp3) is 0.143. The Kier molecular flexibility index (Phi) is 3.02. The number of anilines is 1. The number of primary amides is 1. The van der Waals surface area contributed by atoms with Crippen molar-refractivity contribution in [2.75, 3.05) is 5.73 Å². The monoisotopic (exact) mass is 282 g/mol. The lowest BCUT2D eigenvalue weighted by atomic mass is 10.2. The third kappa shape index (κ3) is 2.40. The Balaban J connectivity index is 1.96. The quantitative estimate of drug-likeness (QED) is 0.659. The highest BCUT2D eigenvalue weighted by Gasteiger charge is 2.15. The van der Waals surface area contributed by atoms with Gasteiger partial charge in [0.15, 0.2) is 0 Å². The Morgan fingerprint density at radius 1 is 1.24 bits per heavy atom. The number of nitrogen functional groups attached to an aromatic ring is 1. The van der Waals surface area contributed by atoms with E-state index in [4.69, 9.17) is 11.5 Å². The molecule has 1 aromatic carbocycles. The van der Waals surface area contributed by atoms with Crippen molar-refractivity contribution >= 4 is 22.8 Å². The van der Waals surface area contributed by atoms with Crippen LogP contribution in [0.3, 0.4) is 0 Å². The zero-order chi connectivity index (χ0) is 15.0. The number of para-hydroxylation sites is 2. The normalized spacial score (nSPS) is 10.9. The predicted octanol–water partition coefficient (Wildman–Crippen LogP) is 0.933. The van der Waals surface area contributed by atoms with Gasteiger partial charge in [0, 0.05) is 0 Å². The van der Waals surface area contributed by atoms with Crippen molar-refractivity contribution in [3.63, 3.8) is 0 Å². The summed E-state index contributed by atoms with van der Waals surface area (Å²) in [6.07, 6.45) is 0.402. The van der Waals surface area contributed by atoms with Crippen LogP contribution in [-0.2, 0) is 6.42 Å². The van der Waals surface area contributed by atoms with Crippen LogP contribution in [0.5, 0.6) is 0 Å². The molecule has 0 atom stereocenters. The Labute approximate surface area is 120 Å². The number of nitrogens with one attached hydrogen (secondary N) is 1. The maximum Gasteiger partial charge on any atom is 0.254 e. The van der Waals surface area contributed by atoms with Crippen molar-refractivity contribution in [2.45, 2.75) is 13.3 Å². The van der Waals surface area contributed by atoms with E-state index in [1.54, 1.807) is 6.92 Å². The Morgan fingerprint density at radius 3 is 2.67 bits per heavy atom. The summed E-state index contributed by atoms with van der Waals surface area (Å²) < 4.78 is 0. The van der Waals surface area contributed by atoms with Gasteiger partial charge in [0.1, 0.15) is 23.0 Å². The van der Waals surface area contributed by atoms with Crippen LogP contribution in [0.1, 0.15) is 27.7 Å². The first kappa shape index (κ1) is 13.0. The highest BCUT2D eigenvalue weighted by atomic mass is 16.1. The van der Waals surface area contributed by atoms with E-state index >= 15 is 0 Å². The molecule has 1 amide bonds. The molecule has 7 nitrogen and oxygen atoms in total. The van der Waals surface area contributed by atoms with Gasteiger partial charge in [-0.05, 0) is 19.1 Å². The number of amides is 1. The minimum absolute atomic E-state index is 0.0983. The number of hydrogen-bond donors (Lipinski definition) is 3. The molecule has 21 heavy (non-hydrogen) atoms. The second-order valence-corrected chi connectivity index (χ2v) is 4.73. The SMILES string of the molecule is Cc1nc(Cc2nc3ccccc3[nH]2)nc(N)c1C(N)=O. The van der Waals surface area contributed by atoms with Gasteiger partial charge in [-0.3, -0.25) is 4.79 Å². The molecule has 0 unspecified atom stereocenters. The summed E-state index contributed by atoms with van der Waals surface area (Å²) in [4.78, 5) is 27.3. The second-order valence-electron chi connectivity index (χ2n) is 4.73. The summed E-state index contributed by atoms with van der Waals surface area (Å²) in [6, 6.07) is 7.73. The van der Waals surface area contributed by atoms with Crippen LogP contribution in [-0.4, -0.2) is 25.8 Å². The van der Waals surface area contributed by atoms with Gasteiger partial charge in [0.2, 0.25) is 0 Å². The maximum absolute atomic E-state index is 11.3. The molecule has 106 valence electrons. The van der Waals surface area contributed by atoms with Crippen LogP contribution in [0.25, 0.3) is 11.0 Å². The second kappa shape index (κ2) is 4.86. The number of hydrogen-bond acceptors (Lipinski definition) is 5. The van der Waals surface area contributed by atoms with Gasteiger partial charge in [-0.25, -0.2) is 15.0 Å². The lowest BCUT2D eigenvalue weighted by Crippen LogP contribution is -2.18. The highest BCUT2D eigenvalue weighted by molar-refractivity contribution is 5.98. The number of carbonyl (C=O) groups is 1. The van der Waals surface area contributed by atoms with E-state index in [1.807, 2.05) is 24.3 Å². The molecular formula is C14H14N6O. The van der Waals surface area contributed by atoms with Crippen LogP contribution >= 0.6 is 0 Å². The topological polar surface area (TPSA) is 124 Å². The van der Waals surface area contributed by atoms with Crippen molar-refractivity contribution in [3.05, 3.63) is 47.2 Å². The van der Waals surface area contributed by atoms with E-state index in [9.17, 15) is 4.79 Å². The third-order valence-corrected chi connectivity index (χ3v) is 3.17. The van der Waals surface area contributed by atoms with Crippen molar-refractivity contribution in [2.24, 2.45) is 5.73 Å². The van der Waals surface area contributed by atoms with Crippen LogP contribution in [0.2, 0.25) is 0 Å². The van der Waals surface area contributed by atoms with E-state index in [1.165, 1.54) is 0 Å². The predicted molar refractivity (Wildman–Crippen MR) is 78.6 cm³/mol. The van der Waals surface area contributed by atoms with Gasteiger partial charge >= 0.3 is 0 Å². The smallest absolute Gasteiger partial charge is 0.254 e. The van der Waals surface area contributed by atoms with Gasteiger partial charge in [-0.2, -0.15) is 0 Å². The molecule has 3 rings (SSSR count). The molecule has 7 heteroatoms. The number of aromatic amines is 1. The minimum atomic E-state index is -0.625. The van der Waals surface area contributed by atoms with E-state index in [2.05, 4.69) is 19.9 Å². The van der Waals surface area contributed by atoms with Crippen molar-refractivity contribution < 1.29 is 4.79 Å². The number of rotatable bonds is 3. The van der Waals surface area contributed by atoms with Gasteiger partial charge < -0.3 is 16.5 Å². The number of imidazole rings is 1. The van der Waals surface area contributed by atoms with Crippen LogP contribution in [0, 0.1) is 6.92 Å². The number of aryl methyl sites for hydroxylation is 1. The van der Waals surface area contributed by atoms with Crippen molar-refractivity contribution in [1.82, 2.24) is 19.9 Å². The number of fused-ring (bicyclic) bond motifs is 1. The molecule has 0 aliphatic heterocycles. The fourth-order valence-electron chi connectivity index (χ4n) is 2.28. The first-order valence-electron chi connectivity index (χ1n) is 6.41. The molecule has 0 saturated carbocycles. The van der Waals surface area contributed by atoms with Crippen LogP contribution in [0.4, 0.5) is 5.82 Å². The maximum atomic E-state index is 11.3. The summed E-state index contributed by atoms with van der Waals surface area (Å²) in [5.74, 6) is 0.706. The summed E-state index contributed by atoms with van der Waals surface area (Å²) in [5, 5.41) is 0. The number of nitrogens with zero attached hydrogens (tertiary/aromatic N) is 3. The van der Waals surface area contributed by atoms with E-state index in [-0.39, 0.29) is 11.4 Å². The molecule has 5 N–H and O–H groups in total.